The Morgan fingerprint density at radius 1 is 1.50 bits per heavy atom. The van der Waals surface area contributed by atoms with Crippen molar-refractivity contribution in [1.29, 1.82) is 0 Å². The maximum absolute atomic E-state index is 11.7. The zero-order chi connectivity index (χ0) is 13.5. The van der Waals surface area contributed by atoms with Gasteiger partial charge in [0, 0.05) is 5.69 Å². The van der Waals surface area contributed by atoms with Crippen LogP contribution in [0.25, 0.3) is 0 Å². The molecule has 0 bridgehead atoms. The number of halogens is 2. The van der Waals surface area contributed by atoms with E-state index in [0.717, 1.165) is 12.8 Å². The summed E-state index contributed by atoms with van der Waals surface area (Å²) in [6.07, 6.45) is 1.66. The first-order valence-corrected chi connectivity index (χ1v) is 7.25. The molecule has 0 heterocycles. The highest BCUT2D eigenvalue weighted by molar-refractivity contribution is 9.10. The van der Waals surface area contributed by atoms with Gasteiger partial charge in [-0.3, -0.25) is 4.79 Å². The maximum atomic E-state index is 11.7. The third kappa shape index (κ3) is 4.50. The van der Waals surface area contributed by atoms with Crippen LogP contribution in [0.5, 0.6) is 5.75 Å². The fourth-order valence-corrected chi connectivity index (χ4v) is 1.66. The van der Waals surface area contributed by atoms with Crippen molar-refractivity contribution in [2.24, 2.45) is 0 Å². The molecular weight excluding hydrogens is 318 g/mol. The van der Waals surface area contributed by atoms with Crippen LogP contribution in [0.15, 0.2) is 18.2 Å². The van der Waals surface area contributed by atoms with E-state index in [-0.39, 0.29) is 10.7 Å². The average molecular weight is 335 g/mol. The fraction of sp³-hybridized carbons (Fsp3) is 0.462. The van der Waals surface area contributed by atoms with E-state index in [9.17, 15) is 4.79 Å². The Balaban J connectivity index is 2.69. The number of benzene rings is 1. The van der Waals surface area contributed by atoms with E-state index in [0.29, 0.717) is 23.1 Å². The van der Waals surface area contributed by atoms with Crippen LogP contribution in [0, 0.1) is 0 Å². The third-order valence-electron chi connectivity index (χ3n) is 2.30. The van der Waals surface area contributed by atoms with Gasteiger partial charge < -0.3 is 10.1 Å². The van der Waals surface area contributed by atoms with Gasteiger partial charge in [-0.05, 0) is 31.0 Å². The summed E-state index contributed by atoms with van der Waals surface area (Å²) in [4.78, 5) is 11.5. The molecule has 0 aliphatic rings. The Bertz CT molecular complexity index is 412. The van der Waals surface area contributed by atoms with Crippen LogP contribution in [0.1, 0.15) is 26.7 Å². The average Bonchev–Trinajstić information content (AvgIpc) is 2.36. The number of hydrogen-bond donors (Lipinski definition) is 1. The van der Waals surface area contributed by atoms with Crippen LogP contribution in [0.4, 0.5) is 5.69 Å². The molecule has 5 heteroatoms. The highest BCUT2D eigenvalue weighted by Crippen LogP contribution is 2.28. The molecule has 1 unspecified atom stereocenters. The van der Waals surface area contributed by atoms with Crippen molar-refractivity contribution in [1.82, 2.24) is 0 Å². The fourth-order valence-electron chi connectivity index (χ4n) is 1.31. The van der Waals surface area contributed by atoms with Crippen molar-refractivity contribution in [3.63, 3.8) is 0 Å². The van der Waals surface area contributed by atoms with Crippen molar-refractivity contribution >= 4 is 39.1 Å². The van der Waals surface area contributed by atoms with Crippen LogP contribution in [0.2, 0.25) is 5.02 Å². The number of alkyl halides is 1. The second-order valence-electron chi connectivity index (χ2n) is 3.86. The zero-order valence-electron chi connectivity index (χ0n) is 10.5. The molecule has 0 aliphatic carbocycles. The lowest BCUT2D eigenvalue weighted by molar-refractivity contribution is -0.115. The lowest BCUT2D eigenvalue weighted by Gasteiger charge is -2.11. The van der Waals surface area contributed by atoms with E-state index in [1.54, 1.807) is 18.2 Å². The molecule has 3 nitrogen and oxygen atoms in total. The molecule has 0 saturated carbocycles. The van der Waals surface area contributed by atoms with Gasteiger partial charge in [0.1, 0.15) is 5.75 Å². The van der Waals surface area contributed by atoms with Crippen molar-refractivity contribution < 1.29 is 9.53 Å². The summed E-state index contributed by atoms with van der Waals surface area (Å²) >= 11 is 9.37. The number of hydrogen-bond acceptors (Lipinski definition) is 2. The van der Waals surface area contributed by atoms with Gasteiger partial charge in [-0.15, -0.1) is 0 Å². The summed E-state index contributed by atoms with van der Waals surface area (Å²) in [6, 6.07) is 5.24. The summed E-state index contributed by atoms with van der Waals surface area (Å²) in [5.41, 5.74) is 0.673. The van der Waals surface area contributed by atoms with Crippen molar-refractivity contribution in [2.45, 2.75) is 31.5 Å². The van der Waals surface area contributed by atoms with E-state index < -0.39 is 0 Å². The number of anilines is 1. The Labute approximate surface area is 121 Å². The van der Waals surface area contributed by atoms with E-state index in [1.807, 2.05) is 13.8 Å². The quantitative estimate of drug-likeness (QED) is 0.790. The van der Waals surface area contributed by atoms with Gasteiger partial charge in [-0.2, -0.15) is 0 Å². The molecule has 0 aromatic heterocycles. The van der Waals surface area contributed by atoms with Crippen LogP contribution < -0.4 is 10.1 Å². The third-order valence-corrected chi connectivity index (χ3v) is 3.66. The SMILES string of the molecule is CCCOc1ccc(NC(=O)C(Br)CC)cc1Cl. The smallest absolute Gasteiger partial charge is 0.238 e. The summed E-state index contributed by atoms with van der Waals surface area (Å²) in [5.74, 6) is 0.568. The number of carbonyl (C=O) groups excluding carboxylic acids is 1. The van der Waals surface area contributed by atoms with Gasteiger partial charge in [0.25, 0.3) is 0 Å². The normalized spacial score (nSPS) is 12.0. The lowest BCUT2D eigenvalue weighted by Crippen LogP contribution is -2.21. The van der Waals surface area contributed by atoms with Gasteiger partial charge in [-0.1, -0.05) is 41.4 Å². The first-order valence-electron chi connectivity index (χ1n) is 5.95. The Kier molecular flexibility index (Phi) is 6.50. The highest BCUT2D eigenvalue weighted by Gasteiger charge is 2.13. The minimum Gasteiger partial charge on any atom is -0.492 e. The molecule has 1 aromatic rings. The van der Waals surface area contributed by atoms with Gasteiger partial charge in [0.15, 0.2) is 0 Å². The minimum atomic E-state index is -0.188. The standard InChI is InChI=1S/C13H17BrClNO2/c1-3-7-18-12-6-5-9(8-11(12)15)16-13(17)10(14)4-2/h5-6,8,10H,3-4,7H2,1-2H3,(H,16,17). The van der Waals surface area contributed by atoms with Gasteiger partial charge in [0.2, 0.25) is 5.91 Å². The summed E-state index contributed by atoms with van der Waals surface area (Å²) in [7, 11) is 0. The van der Waals surface area contributed by atoms with Crippen molar-refractivity contribution in [2.75, 3.05) is 11.9 Å². The molecular formula is C13H17BrClNO2. The molecule has 0 fully saturated rings. The number of nitrogens with one attached hydrogen (secondary N) is 1. The molecule has 1 rings (SSSR count). The van der Waals surface area contributed by atoms with E-state index in [1.165, 1.54) is 0 Å². The summed E-state index contributed by atoms with van der Waals surface area (Å²) < 4.78 is 5.46. The van der Waals surface area contributed by atoms with Gasteiger partial charge in [-0.25, -0.2) is 0 Å². The molecule has 0 aliphatic heterocycles. The first-order chi connectivity index (χ1) is 8.58. The number of amides is 1. The first kappa shape index (κ1) is 15.3. The number of rotatable bonds is 6. The summed E-state index contributed by atoms with van der Waals surface area (Å²) in [6.45, 7) is 4.60. The monoisotopic (exact) mass is 333 g/mol. The maximum Gasteiger partial charge on any atom is 0.238 e. The largest absolute Gasteiger partial charge is 0.492 e. The van der Waals surface area contributed by atoms with Crippen LogP contribution in [-0.2, 0) is 4.79 Å². The predicted molar refractivity (Wildman–Crippen MR) is 78.9 cm³/mol. The van der Waals surface area contributed by atoms with E-state index in [2.05, 4.69) is 21.2 Å². The molecule has 0 radical (unpaired) electrons. The van der Waals surface area contributed by atoms with E-state index in [4.69, 9.17) is 16.3 Å². The Morgan fingerprint density at radius 3 is 2.78 bits per heavy atom. The highest BCUT2D eigenvalue weighted by atomic mass is 79.9. The lowest BCUT2D eigenvalue weighted by atomic mass is 10.2. The van der Waals surface area contributed by atoms with Crippen molar-refractivity contribution in [3.05, 3.63) is 23.2 Å². The van der Waals surface area contributed by atoms with Gasteiger partial charge in [0.05, 0.1) is 16.5 Å². The Morgan fingerprint density at radius 2 is 2.22 bits per heavy atom. The number of carbonyl (C=O) groups is 1. The predicted octanol–water partition coefficient (Wildman–Crippen LogP) is 4.24. The summed E-state index contributed by atoms with van der Waals surface area (Å²) in [5, 5.41) is 3.29. The second kappa shape index (κ2) is 7.64. The van der Waals surface area contributed by atoms with Gasteiger partial charge >= 0.3 is 0 Å². The minimum absolute atomic E-state index is 0.0733. The Hall–Kier alpha value is -0.740. The topological polar surface area (TPSA) is 38.3 Å². The van der Waals surface area contributed by atoms with Crippen LogP contribution >= 0.6 is 27.5 Å². The number of ether oxygens (including phenoxy) is 1. The zero-order valence-corrected chi connectivity index (χ0v) is 12.8. The molecule has 0 spiro atoms. The molecule has 1 N–H and O–H groups in total. The van der Waals surface area contributed by atoms with Crippen LogP contribution in [-0.4, -0.2) is 17.3 Å². The molecule has 0 saturated heterocycles. The van der Waals surface area contributed by atoms with E-state index >= 15 is 0 Å². The van der Waals surface area contributed by atoms with Crippen LogP contribution in [0.3, 0.4) is 0 Å². The molecule has 1 aromatic carbocycles. The molecule has 1 atom stereocenters. The second-order valence-corrected chi connectivity index (χ2v) is 5.37. The molecule has 18 heavy (non-hydrogen) atoms. The molecule has 100 valence electrons. The van der Waals surface area contributed by atoms with Crippen molar-refractivity contribution in [3.8, 4) is 5.75 Å². The molecule has 1 amide bonds.